The Labute approximate surface area is 251 Å². The van der Waals surface area contributed by atoms with E-state index in [4.69, 9.17) is 18.9 Å². The van der Waals surface area contributed by atoms with Crippen LogP contribution in [-0.4, -0.2) is 91.6 Å². The number of benzene rings is 1. The summed E-state index contributed by atoms with van der Waals surface area (Å²) in [6.45, 7) is 12.6. The number of methoxy groups -OCH3 is 2. The summed E-state index contributed by atoms with van der Waals surface area (Å²) in [6, 6.07) is 6.15. The normalized spacial score (nSPS) is 28.2. The van der Waals surface area contributed by atoms with Crippen molar-refractivity contribution in [2.45, 2.75) is 109 Å². The average Bonchev–Trinajstić information content (AvgIpc) is 3.84. The Bertz CT molecular complexity index is 1150. The second-order valence-corrected chi connectivity index (χ2v) is 14.2. The molecule has 4 atom stereocenters. The number of nitrogens with zero attached hydrogens (tertiary/aromatic N) is 2. The number of ether oxygens (including phenoxy) is 4. The lowest BCUT2D eigenvalue weighted by Crippen LogP contribution is -2.54. The average molecular weight is 586 g/mol. The molecule has 5 rings (SSSR count). The van der Waals surface area contributed by atoms with Crippen molar-refractivity contribution in [3.63, 3.8) is 0 Å². The lowest BCUT2D eigenvalue weighted by atomic mass is 9.86. The Morgan fingerprint density at radius 1 is 1.10 bits per heavy atom. The molecule has 2 amide bonds. The maximum atomic E-state index is 14.1. The van der Waals surface area contributed by atoms with Crippen molar-refractivity contribution in [3.8, 4) is 11.5 Å². The van der Waals surface area contributed by atoms with Crippen LogP contribution in [0.4, 0.5) is 4.79 Å². The van der Waals surface area contributed by atoms with Crippen molar-refractivity contribution >= 4 is 12.0 Å². The molecule has 3 saturated carbocycles. The highest BCUT2D eigenvalue weighted by molar-refractivity contribution is 5.95. The SMILES string of the molecule is COCCCOc1cc(C(=O)N(C(C)C)C2C[C@]23CC[C@]2(C[C@H]2CNC2CC2)N(C(=O)OC(C)(C)C)C3)ccc1OC. The van der Waals surface area contributed by atoms with Gasteiger partial charge in [0, 0.05) is 62.3 Å². The zero-order valence-electron chi connectivity index (χ0n) is 26.7. The molecule has 1 aromatic rings. The van der Waals surface area contributed by atoms with E-state index in [2.05, 4.69) is 24.1 Å². The number of carbonyl (C=O) groups is 2. The van der Waals surface area contributed by atoms with Gasteiger partial charge in [-0.25, -0.2) is 4.79 Å². The third-order valence-corrected chi connectivity index (χ3v) is 9.54. The highest BCUT2D eigenvalue weighted by Gasteiger charge is 2.69. The number of amides is 2. The second kappa shape index (κ2) is 11.9. The molecule has 4 fully saturated rings. The molecular weight excluding hydrogens is 534 g/mol. The first-order valence-corrected chi connectivity index (χ1v) is 15.8. The number of likely N-dealkylation sites (tertiary alicyclic amines) is 1. The Morgan fingerprint density at radius 2 is 1.86 bits per heavy atom. The van der Waals surface area contributed by atoms with Crippen molar-refractivity contribution in [2.75, 3.05) is 40.5 Å². The van der Waals surface area contributed by atoms with E-state index in [-0.39, 0.29) is 35.0 Å². The van der Waals surface area contributed by atoms with Gasteiger partial charge in [0.25, 0.3) is 5.91 Å². The molecule has 9 heteroatoms. The van der Waals surface area contributed by atoms with Gasteiger partial charge in [-0.3, -0.25) is 4.79 Å². The molecule has 1 N–H and O–H groups in total. The summed E-state index contributed by atoms with van der Waals surface area (Å²) >= 11 is 0. The van der Waals surface area contributed by atoms with Crippen molar-refractivity contribution in [1.29, 1.82) is 0 Å². The molecule has 1 unspecified atom stereocenters. The lowest BCUT2D eigenvalue weighted by molar-refractivity contribution is -0.0112. The number of nitrogens with one attached hydrogen (secondary N) is 1. The van der Waals surface area contributed by atoms with E-state index in [1.54, 1.807) is 26.4 Å². The van der Waals surface area contributed by atoms with Gasteiger partial charge in [-0.2, -0.15) is 0 Å². The van der Waals surface area contributed by atoms with Crippen LogP contribution in [0.25, 0.3) is 0 Å². The first-order chi connectivity index (χ1) is 19.9. The first kappa shape index (κ1) is 30.9. The second-order valence-electron chi connectivity index (χ2n) is 14.2. The van der Waals surface area contributed by atoms with Gasteiger partial charge in [-0.05, 0) is 97.3 Å². The molecule has 1 heterocycles. The summed E-state index contributed by atoms with van der Waals surface area (Å²) < 4.78 is 22.5. The molecule has 1 aromatic carbocycles. The summed E-state index contributed by atoms with van der Waals surface area (Å²) in [5.41, 5.74) is -0.205. The Morgan fingerprint density at radius 3 is 2.50 bits per heavy atom. The van der Waals surface area contributed by atoms with Crippen LogP contribution in [0.1, 0.15) is 89.9 Å². The van der Waals surface area contributed by atoms with Gasteiger partial charge in [0.1, 0.15) is 5.60 Å². The Hall–Kier alpha value is -2.52. The molecule has 3 aliphatic carbocycles. The van der Waals surface area contributed by atoms with E-state index in [0.29, 0.717) is 48.8 Å². The van der Waals surface area contributed by atoms with E-state index >= 15 is 0 Å². The van der Waals surface area contributed by atoms with Crippen LogP contribution >= 0.6 is 0 Å². The number of carbonyl (C=O) groups excluding carboxylic acids is 2. The van der Waals surface area contributed by atoms with Crippen LogP contribution in [0.15, 0.2) is 18.2 Å². The lowest BCUT2D eigenvalue weighted by Gasteiger charge is -2.43. The van der Waals surface area contributed by atoms with Gasteiger partial charge in [-0.15, -0.1) is 0 Å². The fraction of sp³-hybridized carbons (Fsp3) is 0.758. The van der Waals surface area contributed by atoms with Gasteiger partial charge in [0.05, 0.1) is 19.3 Å². The van der Waals surface area contributed by atoms with Crippen LogP contribution < -0.4 is 14.8 Å². The Balaban J connectivity index is 1.32. The van der Waals surface area contributed by atoms with E-state index in [9.17, 15) is 9.59 Å². The number of hydrogen-bond acceptors (Lipinski definition) is 7. The van der Waals surface area contributed by atoms with E-state index in [1.807, 2.05) is 31.7 Å². The standard InChI is InChI=1S/C33H51N3O6/c1-22(2)36(29(37)23-9-12-26(40-7)27(17-23)41-16-8-15-39-6)28-19-32(28)13-14-33(18-24(33)20-34-25-10-11-25)35(21-32)30(38)42-31(3,4)5/h9,12,17,22,24-25,28,34H,8,10-11,13-16,18-21H2,1-7H3/t24-,28?,32-,33+/m0/s1. The quantitative estimate of drug-likeness (QED) is 0.335. The maximum absolute atomic E-state index is 14.1. The number of piperidine rings is 1. The zero-order chi connectivity index (χ0) is 30.3. The van der Waals surface area contributed by atoms with Crippen molar-refractivity contribution in [3.05, 3.63) is 23.8 Å². The monoisotopic (exact) mass is 585 g/mol. The molecule has 1 aliphatic heterocycles. The first-order valence-electron chi connectivity index (χ1n) is 15.8. The predicted octanol–water partition coefficient (Wildman–Crippen LogP) is 5.26. The van der Waals surface area contributed by atoms with Gasteiger partial charge >= 0.3 is 6.09 Å². The highest BCUT2D eigenvalue weighted by atomic mass is 16.6. The molecule has 9 nitrogen and oxygen atoms in total. The van der Waals surface area contributed by atoms with Crippen LogP contribution in [0, 0.1) is 11.3 Å². The number of hydrogen-bond donors (Lipinski definition) is 1. The highest BCUT2D eigenvalue weighted by Crippen LogP contribution is 2.64. The van der Waals surface area contributed by atoms with Crippen LogP contribution in [0.2, 0.25) is 0 Å². The predicted molar refractivity (Wildman–Crippen MR) is 161 cm³/mol. The maximum Gasteiger partial charge on any atom is 0.410 e. The van der Waals surface area contributed by atoms with Crippen LogP contribution in [-0.2, 0) is 9.47 Å². The zero-order valence-corrected chi connectivity index (χ0v) is 26.7. The largest absolute Gasteiger partial charge is 0.493 e. The summed E-state index contributed by atoms with van der Waals surface area (Å²) in [4.78, 5) is 31.8. The third kappa shape index (κ3) is 6.52. The van der Waals surface area contributed by atoms with E-state index in [1.165, 1.54) is 12.8 Å². The molecule has 234 valence electrons. The van der Waals surface area contributed by atoms with Crippen molar-refractivity contribution in [1.82, 2.24) is 15.1 Å². The minimum absolute atomic E-state index is 0.0114. The molecule has 0 radical (unpaired) electrons. The van der Waals surface area contributed by atoms with Gasteiger partial charge in [0.15, 0.2) is 11.5 Å². The molecular formula is C33H51N3O6. The van der Waals surface area contributed by atoms with Gasteiger partial charge in [-0.1, -0.05) is 0 Å². The van der Waals surface area contributed by atoms with E-state index < -0.39 is 5.60 Å². The summed E-state index contributed by atoms with van der Waals surface area (Å²) in [6.07, 6.45) is 6.95. The van der Waals surface area contributed by atoms with Crippen molar-refractivity contribution < 1.29 is 28.5 Å². The fourth-order valence-electron chi connectivity index (χ4n) is 6.93. The molecule has 1 saturated heterocycles. The molecule has 0 bridgehead atoms. The summed E-state index contributed by atoms with van der Waals surface area (Å²) in [5.74, 6) is 1.61. The molecule has 2 spiro atoms. The van der Waals surface area contributed by atoms with Crippen molar-refractivity contribution in [2.24, 2.45) is 11.3 Å². The number of rotatable bonds is 12. The molecule has 42 heavy (non-hydrogen) atoms. The fourth-order valence-corrected chi connectivity index (χ4v) is 6.93. The molecule has 4 aliphatic rings. The van der Waals surface area contributed by atoms with E-state index in [0.717, 1.165) is 38.6 Å². The summed E-state index contributed by atoms with van der Waals surface area (Å²) in [7, 11) is 3.27. The molecule has 0 aromatic heterocycles. The minimum atomic E-state index is -0.555. The van der Waals surface area contributed by atoms with Gasteiger partial charge < -0.3 is 34.1 Å². The van der Waals surface area contributed by atoms with Crippen LogP contribution in [0.3, 0.4) is 0 Å². The van der Waals surface area contributed by atoms with Crippen LogP contribution in [0.5, 0.6) is 11.5 Å². The Kier molecular flexibility index (Phi) is 8.74. The smallest absolute Gasteiger partial charge is 0.410 e. The topological polar surface area (TPSA) is 89.6 Å². The van der Waals surface area contributed by atoms with Gasteiger partial charge in [0.2, 0.25) is 0 Å². The third-order valence-electron chi connectivity index (χ3n) is 9.54. The summed E-state index contributed by atoms with van der Waals surface area (Å²) in [5, 5.41) is 3.68. The minimum Gasteiger partial charge on any atom is -0.493 e.